The molecular formula is C15H19N3O5. The maximum Gasteiger partial charge on any atom is 0.242 e. The summed E-state index contributed by atoms with van der Waals surface area (Å²) in [7, 11) is 0. The zero-order valence-corrected chi connectivity index (χ0v) is 12.7. The number of amides is 3. The Morgan fingerprint density at radius 3 is 2.39 bits per heavy atom. The van der Waals surface area contributed by atoms with Gasteiger partial charge in [0.1, 0.15) is 6.04 Å². The lowest BCUT2D eigenvalue weighted by Crippen LogP contribution is -2.49. The molecule has 23 heavy (non-hydrogen) atoms. The fraction of sp³-hybridized carbons (Fsp3) is 0.400. The van der Waals surface area contributed by atoms with Gasteiger partial charge in [-0.3, -0.25) is 14.4 Å². The van der Waals surface area contributed by atoms with Gasteiger partial charge in [-0.15, -0.1) is 0 Å². The minimum absolute atomic E-state index is 0.276. The van der Waals surface area contributed by atoms with E-state index < -0.39 is 30.1 Å². The molecule has 124 valence electrons. The molecule has 1 aromatic carbocycles. The van der Waals surface area contributed by atoms with Crippen molar-refractivity contribution < 1.29 is 24.2 Å². The Hall–Kier alpha value is -2.45. The molecule has 8 nitrogen and oxygen atoms in total. The molecule has 2 rings (SSSR count). The lowest BCUT2D eigenvalue weighted by Gasteiger charge is -2.17. The Kier molecular flexibility index (Phi) is 5.67. The summed E-state index contributed by atoms with van der Waals surface area (Å²) >= 11 is 0. The summed E-state index contributed by atoms with van der Waals surface area (Å²) in [5, 5.41) is 4.91. The molecule has 0 spiro atoms. The number of nitrogens with one attached hydrogen (secondary N) is 2. The van der Waals surface area contributed by atoms with Gasteiger partial charge in [-0.05, 0) is 18.9 Å². The average Bonchev–Trinajstić information content (AvgIpc) is 3.35. The van der Waals surface area contributed by atoms with Crippen molar-refractivity contribution in [3.05, 3.63) is 35.9 Å². The topological polar surface area (TPSA) is 126 Å². The number of hydrogen-bond acceptors (Lipinski definition) is 5. The number of rotatable bonds is 8. The first-order valence-electron chi connectivity index (χ1n) is 7.20. The molecule has 4 N–H and O–H groups in total. The second-order valence-electron chi connectivity index (χ2n) is 5.27. The monoisotopic (exact) mass is 321 g/mol. The molecule has 0 aliphatic carbocycles. The average molecular weight is 321 g/mol. The van der Waals surface area contributed by atoms with Gasteiger partial charge < -0.3 is 16.4 Å². The first kappa shape index (κ1) is 16.9. The van der Waals surface area contributed by atoms with Gasteiger partial charge in [0.2, 0.25) is 24.0 Å². The third-order valence-electron chi connectivity index (χ3n) is 3.36. The van der Waals surface area contributed by atoms with Crippen LogP contribution in [0.5, 0.6) is 0 Å². The van der Waals surface area contributed by atoms with Crippen LogP contribution in [0.2, 0.25) is 0 Å². The molecule has 1 heterocycles. The molecule has 0 radical (unpaired) electrons. The second-order valence-corrected chi connectivity index (χ2v) is 5.27. The van der Waals surface area contributed by atoms with Crippen molar-refractivity contribution in [1.82, 2.24) is 10.6 Å². The van der Waals surface area contributed by atoms with Crippen LogP contribution in [-0.4, -0.2) is 36.6 Å². The van der Waals surface area contributed by atoms with E-state index in [4.69, 9.17) is 15.5 Å². The van der Waals surface area contributed by atoms with Crippen LogP contribution in [0.1, 0.15) is 12.5 Å². The zero-order chi connectivity index (χ0) is 16.8. The molecule has 1 saturated heterocycles. The summed E-state index contributed by atoms with van der Waals surface area (Å²) in [6.45, 7) is 1.24. The molecule has 0 unspecified atom stereocenters. The highest BCUT2D eigenvalue weighted by atomic mass is 17.4. The predicted octanol–water partition coefficient (Wildman–Crippen LogP) is -0.761. The van der Waals surface area contributed by atoms with Crippen molar-refractivity contribution in [2.24, 2.45) is 11.7 Å². The largest absolute Gasteiger partial charge is 0.368 e. The summed E-state index contributed by atoms with van der Waals surface area (Å²) in [5.74, 6) is -2.08. The Morgan fingerprint density at radius 2 is 1.83 bits per heavy atom. The molecule has 0 saturated carbocycles. The molecule has 0 bridgehead atoms. The van der Waals surface area contributed by atoms with Crippen LogP contribution < -0.4 is 16.4 Å². The molecule has 3 amide bonds. The SMILES string of the molecule is C[C@@H](NC(=O)[C@H](Cc1ccccc1)C1OO1)C(=O)NCC(N)=O. The Bertz CT molecular complexity index is 574. The Balaban J connectivity index is 1.90. The molecule has 1 fully saturated rings. The molecule has 1 aliphatic rings. The van der Waals surface area contributed by atoms with Gasteiger partial charge in [0.05, 0.1) is 12.5 Å². The number of carbonyl (C=O) groups excluding carboxylic acids is 3. The first-order chi connectivity index (χ1) is 11.0. The number of hydrogen-bond donors (Lipinski definition) is 3. The van der Waals surface area contributed by atoms with Crippen molar-refractivity contribution in [3.8, 4) is 0 Å². The van der Waals surface area contributed by atoms with Gasteiger partial charge in [0, 0.05) is 0 Å². The zero-order valence-electron chi connectivity index (χ0n) is 12.7. The predicted molar refractivity (Wildman–Crippen MR) is 79.4 cm³/mol. The van der Waals surface area contributed by atoms with Crippen LogP contribution in [0, 0.1) is 5.92 Å². The van der Waals surface area contributed by atoms with E-state index in [1.54, 1.807) is 0 Å². The van der Waals surface area contributed by atoms with Gasteiger partial charge in [0.25, 0.3) is 0 Å². The first-order valence-corrected chi connectivity index (χ1v) is 7.20. The third-order valence-corrected chi connectivity index (χ3v) is 3.36. The smallest absolute Gasteiger partial charge is 0.242 e. The normalized spacial score (nSPS) is 16.2. The molecule has 1 aromatic rings. The molecule has 2 atom stereocenters. The van der Waals surface area contributed by atoms with Crippen LogP contribution in [0.4, 0.5) is 0 Å². The number of nitrogens with two attached hydrogens (primary N) is 1. The van der Waals surface area contributed by atoms with Crippen molar-refractivity contribution >= 4 is 17.7 Å². The number of benzene rings is 1. The fourth-order valence-corrected chi connectivity index (χ4v) is 2.06. The number of carbonyl (C=O) groups is 3. The summed E-state index contributed by atoms with van der Waals surface area (Å²) < 4.78 is 0. The second kappa shape index (κ2) is 7.70. The molecular weight excluding hydrogens is 302 g/mol. The maximum atomic E-state index is 12.3. The minimum atomic E-state index is -0.807. The summed E-state index contributed by atoms with van der Waals surface area (Å²) in [6.07, 6.45) is -0.191. The highest BCUT2D eigenvalue weighted by Crippen LogP contribution is 2.26. The van der Waals surface area contributed by atoms with Crippen molar-refractivity contribution in [2.75, 3.05) is 6.54 Å². The van der Waals surface area contributed by atoms with Gasteiger partial charge in [0.15, 0.2) is 0 Å². The van der Waals surface area contributed by atoms with Gasteiger partial charge in [-0.25, -0.2) is 0 Å². The van der Waals surface area contributed by atoms with E-state index >= 15 is 0 Å². The Morgan fingerprint density at radius 1 is 1.17 bits per heavy atom. The van der Waals surface area contributed by atoms with Gasteiger partial charge >= 0.3 is 0 Å². The summed E-state index contributed by atoms with van der Waals surface area (Å²) in [4.78, 5) is 44.3. The van der Waals surface area contributed by atoms with E-state index in [-0.39, 0.29) is 12.5 Å². The van der Waals surface area contributed by atoms with Crippen LogP contribution in [0.15, 0.2) is 30.3 Å². The van der Waals surface area contributed by atoms with E-state index in [1.165, 1.54) is 6.92 Å². The van der Waals surface area contributed by atoms with E-state index in [0.717, 1.165) is 5.56 Å². The lowest BCUT2D eigenvalue weighted by atomic mass is 9.98. The fourth-order valence-electron chi connectivity index (χ4n) is 2.06. The highest BCUT2D eigenvalue weighted by Gasteiger charge is 2.41. The summed E-state index contributed by atoms with van der Waals surface area (Å²) in [5.41, 5.74) is 5.91. The van der Waals surface area contributed by atoms with Crippen LogP contribution in [0.25, 0.3) is 0 Å². The van der Waals surface area contributed by atoms with Gasteiger partial charge in [-0.2, -0.15) is 9.78 Å². The van der Waals surface area contributed by atoms with Crippen molar-refractivity contribution in [1.29, 1.82) is 0 Å². The van der Waals surface area contributed by atoms with Crippen molar-refractivity contribution in [2.45, 2.75) is 25.7 Å². The standard InChI is InChI=1S/C15H19N3O5/c1-9(13(20)17-8-12(16)19)18-14(21)11(15-22-23-15)7-10-5-3-2-4-6-10/h2-6,9,11,15H,7-8H2,1H3,(H2,16,19)(H,17,20)(H,18,21)/t9-,11+/m1/s1. The van der Waals surface area contributed by atoms with Crippen LogP contribution in [-0.2, 0) is 30.6 Å². The van der Waals surface area contributed by atoms with Crippen molar-refractivity contribution in [3.63, 3.8) is 0 Å². The molecule has 0 aromatic heterocycles. The van der Waals surface area contributed by atoms with E-state index in [2.05, 4.69) is 10.6 Å². The van der Waals surface area contributed by atoms with E-state index in [0.29, 0.717) is 6.42 Å². The maximum absolute atomic E-state index is 12.3. The van der Waals surface area contributed by atoms with E-state index in [1.807, 2.05) is 30.3 Å². The quantitative estimate of drug-likeness (QED) is 0.428. The lowest BCUT2D eigenvalue weighted by molar-refractivity contribution is -0.131. The number of primary amides is 1. The Labute approximate surface area is 133 Å². The summed E-state index contributed by atoms with van der Waals surface area (Å²) in [6, 6.07) is 8.61. The molecule has 8 heteroatoms. The third kappa shape index (κ3) is 5.35. The van der Waals surface area contributed by atoms with E-state index in [9.17, 15) is 14.4 Å². The van der Waals surface area contributed by atoms with Crippen LogP contribution in [0.3, 0.4) is 0 Å². The van der Waals surface area contributed by atoms with Gasteiger partial charge in [-0.1, -0.05) is 30.3 Å². The minimum Gasteiger partial charge on any atom is -0.368 e. The van der Waals surface area contributed by atoms with Crippen LogP contribution >= 0.6 is 0 Å². The molecule has 1 aliphatic heterocycles. The highest BCUT2D eigenvalue weighted by molar-refractivity contribution is 5.90.